The van der Waals surface area contributed by atoms with Crippen molar-refractivity contribution in [1.29, 1.82) is 0 Å². The molecule has 7 nitrogen and oxygen atoms in total. The number of aryl methyl sites for hydroxylation is 2. The van der Waals surface area contributed by atoms with Gasteiger partial charge in [-0.15, -0.1) is 16.4 Å². The van der Waals surface area contributed by atoms with Gasteiger partial charge in [0.15, 0.2) is 5.82 Å². The van der Waals surface area contributed by atoms with Gasteiger partial charge >= 0.3 is 0 Å². The van der Waals surface area contributed by atoms with E-state index < -0.39 is 0 Å². The smallest absolute Gasteiger partial charge is 0.252 e. The maximum atomic E-state index is 13.4. The number of pyridine rings is 1. The summed E-state index contributed by atoms with van der Waals surface area (Å²) in [4.78, 5) is 19.7. The molecule has 9 heteroatoms. The number of tetrazole rings is 1. The van der Waals surface area contributed by atoms with Crippen LogP contribution in [0.1, 0.15) is 52.3 Å². The van der Waals surface area contributed by atoms with E-state index >= 15 is 0 Å². The number of aromatic nitrogens is 5. The Labute approximate surface area is 218 Å². The van der Waals surface area contributed by atoms with Gasteiger partial charge in [-0.3, -0.25) is 9.69 Å². The van der Waals surface area contributed by atoms with Crippen LogP contribution in [0.4, 0.5) is 4.39 Å². The predicted octanol–water partition coefficient (Wildman–Crippen LogP) is 5.53. The van der Waals surface area contributed by atoms with Crippen molar-refractivity contribution in [1.82, 2.24) is 30.1 Å². The highest BCUT2D eigenvalue weighted by Crippen LogP contribution is 2.28. The van der Waals surface area contributed by atoms with Crippen molar-refractivity contribution < 1.29 is 4.39 Å². The molecule has 5 rings (SSSR count). The molecule has 0 radical (unpaired) electrons. The maximum Gasteiger partial charge on any atom is 0.252 e. The highest BCUT2D eigenvalue weighted by atomic mass is 32.1. The van der Waals surface area contributed by atoms with Crippen LogP contribution in [0.15, 0.2) is 64.8 Å². The molecule has 0 saturated carbocycles. The Morgan fingerprint density at radius 1 is 1.11 bits per heavy atom. The van der Waals surface area contributed by atoms with Crippen LogP contribution in [0, 0.1) is 19.7 Å². The fraction of sp³-hybridized carbons (Fsp3) is 0.286. The third-order valence-electron chi connectivity index (χ3n) is 6.63. The monoisotopic (exact) mass is 516 g/mol. The summed E-state index contributed by atoms with van der Waals surface area (Å²) >= 11 is 1.68. The summed E-state index contributed by atoms with van der Waals surface area (Å²) in [7, 11) is 0. The molecular weight excluding hydrogens is 487 g/mol. The molecule has 0 bridgehead atoms. The average Bonchev–Trinajstić information content (AvgIpc) is 3.54. The Balaban J connectivity index is 1.51. The van der Waals surface area contributed by atoms with E-state index in [-0.39, 0.29) is 17.4 Å². The van der Waals surface area contributed by atoms with E-state index in [9.17, 15) is 9.18 Å². The molecule has 5 aromatic rings. The second-order valence-electron chi connectivity index (χ2n) is 9.40. The SMILES string of the molecule is CCC(c1nnnn1Cc1ccc(F)cc1)N(Cc1cccs1)Cc1cc2c(C)cc(C)cc2[nH]c1=O. The molecule has 0 amide bonds. The number of aromatic amines is 1. The minimum atomic E-state index is -0.278. The Morgan fingerprint density at radius 3 is 2.65 bits per heavy atom. The highest BCUT2D eigenvalue weighted by Gasteiger charge is 2.26. The van der Waals surface area contributed by atoms with Crippen molar-refractivity contribution in [3.05, 3.63) is 109 Å². The first-order chi connectivity index (χ1) is 17.9. The summed E-state index contributed by atoms with van der Waals surface area (Å²) in [6, 6.07) is 16.5. The Kier molecular flexibility index (Phi) is 7.25. The van der Waals surface area contributed by atoms with E-state index in [4.69, 9.17) is 0 Å². The van der Waals surface area contributed by atoms with Crippen molar-refractivity contribution in [2.75, 3.05) is 0 Å². The molecule has 2 aromatic carbocycles. The quantitative estimate of drug-likeness (QED) is 0.279. The molecule has 190 valence electrons. The predicted molar refractivity (Wildman–Crippen MR) is 144 cm³/mol. The van der Waals surface area contributed by atoms with Gasteiger partial charge in [0.05, 0.1) is 12.6 Å². The second kappa shape index (κ2) is 10.7. The molecule has 0 aliphatic heterocycles. The van der Waals surface area contributed by atoms with Gasteiger partial charge in [0.2, 0.25) is 0 Å². The molecule has 0 aliphatic rings. The van der Waals surface area contributed by atoms with E-state index in [1.807, 2.05) is 25.1 Å². The number of benzene rings is 2. The minimum absolute atomic E-state index is 0.0885. The number of halogens is 1. The molecular formula is C28H29FN6OS. The zero-order valence-electron chi connectivity index (χ0n) is 21.1. The molecule has 1 N–H and O–H groups in total. The molecule has 1 atom stereocenters. The lowest BCUT2D eigenvalue weighted by Gasteiger charge is -2.30. The largest absolute Gasteiger partial charge is 0.322 e. The van der Waals surface area contributed by atoms with Crippen molar-refractivity contribution in [2.24, 2.45) is 0 Å². The standard InChI is InChI=1S/C28H29FN6OS/c1-4-26(27-31-32-33-35(27)15-20-7-9-22(29)10-8-20)34(17-23-6-5-11-37-23)16-21-14-24-19(3)12-18(2)13-25(24)30-28(21)36/h5-14,26H,4,15-17H2,1-3H3,(H,30,36). The van der Waals surface area contributed by atoms with Crippen molar-refractivity contribution >= 4 is 22.2 Å². The molecule has 3 aromatic heterocycles. The normalized spacial score (nSPS) is 12.5. The van der Waals surface area contributed by atoms with Crippen LogP contribution in [0.5, 0.6) is 0 Å². The van der Waals surface area contributed by atoms with E-state index in [2.05, 4.69) is 56.8 Å². The molecule has 0 fully saturated rings. The van der Waals surface area contributed by atoms with E-state index in [1.165, 1.54) is 17.0 Å². The molecule has 37 heavy (non-hydrogen) atoms. The number of fused-ring (bicyclic) bond motifs is 1. The minimum Gasteiger partial charge on any atom is -0.322 e. The van der Waals surface area contributed by atoms with Crippen molar-refractivity contribution in [3.8, 4) is 0 Å². The third kappa shape index (κ3) is 5.52. The van der Waals surface area contributed by atoms with Gasteiger partial charge in [-0.25, -0.2) is 9.07 Å². The van der Waals surface area contributed by atoms with E-state index in [0.29, 0.717) is 31.0 Å². The first kappa shape index (κ1) is 25.0. The fourth-order valence-corrected chi connectivity index (χ4v) is 5.59. The summed E-state index contributed by atoms with van der Waals surface area (Å²) in [6.45, 7) is 7.73. The van der Waals surface area contributed by atoms with Gasteiger partial charge in [0.1, 0.15) is 5.82 Å². The van der Waals surface area contributed by atoms with Crippen LogP contribution in [-0.4, -0.2) is 30.1 Å². The summed E-state index contributed by atoms with van der Waals surface area (Å²) in [5.74, 6) is 0.438. The van der Waals surface area contributed by atoms with Crippen LogP contribution in [0.2, 0.25) is 0 Å². The number of H-pyrrole nitrogens is 1. The number of nitrogens with zero attached hydrogens (tertiary/aromatic N) is 5. The molecule has 0 spiro atoms. The molecule has 1 unspecified atom stereocenters. The average molecular weight is 517 g/mol. The lowest BCUT2D eigenvalue weighted by molar-refractivity contribution is 0.163. The lowest BCUT2D eigenvalue weighted by Crippen LogP contribution is -2.32. The number of hydrogen-bond donors (Lipinski definition) is 1. The topological polar surface area (TPSA) is 79.7 Å². The fourth-order valence-electron chi connectivity index (χ4n) is 4.86. The van der Waals surface area contributed by atoms with E-state index in [0.717, 1.165) is 34.0 Å². The summed E-state index contributed by atoms with van der Waals surface area (Å²) < 4.78 is 15.2. The van der Waals surface area contributed by atoms with Gasteiger partial charge in [0.25, 0.3) is 5.56 Å². The first-order valence-corrected chi connectivity index (χ1v) is 13.2. The highest BCUT2D eigenvalue weighted by molar-refractivity contribution is 7.09. The third-order valence-corrected chi connectivity index (χ3v) is 7.49. The van der Waals surface area contributed by atoms with E-state index in [1.54, 1.807) is 28.2 Å². The van der Waals surface area contributed by atoms with Crippen LogP contribution in [0.3, 0.4) is 0 Å². The van der Waals surface area contributed by atoms with Gasteiger partial charge in [-0.2, -0.15) is 0 Å². The Hall–Kier alpha value is -3.69. The first-order valence-electron chi connectivity index (χ1n) is 12.3. The van der Waals surface area contributed by atoms with Gasteiger partial charge in [-0.1, -0.05) is 31.2 Å². The Bertz CT molecular complexity index is 1560. The lowest BCUT2D eigenvalue weighted by atomic mass is 10.0. The van der Waals surface area contributed by atoms with Gasteiger partial charge in [-0.05, 0) is 83.1 Å². The molecule has 3 heterocycles. The molecule has 0 saturated heterocycles. The number of rotatable bonds is 9. The Morgan fingerprint density at radius 2 is 1.92 bits per heavy atom. The number of nitrogens with one attached hydrogen (secondary N) is 1. The number of thiophene rings is 1. The van der Waals surface area contributed by atoms with Gasteiger partial charge in [0, 0.05) is 34.4 Å². The van der Waals surface area contributed by atoms with Crippen LogP contribution >= 0.6 is 11.3 Å². The number of hydrogen-bond acceptors (Lipinski definition) is 6. The van der Waals surface area contributed by atoms with Crippen LogP contribution in [0.25, 0.3) is 10.9 Å². The summed E-state index contributed by atoms with van der Waals surface area (Å²) in [5, 5.41) is 15.7. The summed E-state index contributed by atoms with van der Waals surface area (Å²) in [5.41, 5.74) is 4.62. The van der Waals surface area contributed by atoms with Crippen LogP contribution < -0.4 is 5.56 Å². The summed E-state index contributed by atoms with van der Waals surface area (Å²) in [6.07, 6.45) is 0.749. The van der Waals surface area contributed by atoms with Crippen LogP contribution in [-0.2, 0) is 19.6 Å². The second-order valence-corrected chi connectivity index (χ2v) is 10.4. The van der Waals surface area contributed by atoms with Gasteiger partial charge < -0.3 is 4.98 Å². The van der Waals surface area contributed by atoms with Crippen molar-refractivity contribution in [3.63, 3.8) is 0 Å². The maximum absolute atomic E-state index is 13.4. The molecule has 0 aliphatic carbocycles. The zero-order valence-corrected chi connectivity index (χ0v) is 21.9. The zero-order chi connectivity index (χ0) is 25.9. The van der Waals surface area contributed by atoms with Crippen molar-refractivity contribution in [2.45, 2.75) is 52.9 Å².